The van der Waals surface area contributed by atoms with E-state index >= 15 is 0 Å². The lowest BCUT2D eigenvalue weighted by molar-refractivity contribution is 0.205. The molecule has 1 N–H and O–H groups in total. The topological polar surface area (TPSA) is 40.6 Å². The van der Waals surface area contributed by atoms with Crippen molar-refractivity contribution in [3.05, 3.63) is 36.0 Å². The summed E-state index contributed by atoms with van der Waals surface area (Å²) in [5, 5.41) is 5.41. The molecule has 1 fully saturated rings. The standard InChI is InChI=1S/C16H21N3O/c1-20-18-14-7-10-19(11-8-14)9-6-13-12-17-16-5-3-2-4-15(13)16/h2-5,12,17H,6-11H2,1H3. The Bertz CT molecular complexity index is 593. The van der Waals surface area contributed by atoms with Gasteiger partial charge in [-0.3, -0.25) is 0 Å². The summed E-state index contributed by atoms with van der Waals surface area (Å²) in [6.45, 7) is 3.29. The summed E-state index contributed by atoms with van der Waals surface area (Å²) in [7, 11) is 1.62. The van der Waals surface area contributed by atoms with Crippen molar-refractivity contribution < 1.29 is 4.84 Å². The van der Waals surface area contributed by atoms with Crippen LogP contribution in [-0.2, 0) is 11.3 Å². The molecule has 0 bridgehead atoms. The Kier molecular flexibility index (Phi) is 4.02. The van der Waals surface area contributed by atoms with Gasteiger partial charge in [0.15, 0.2) is 0 Å². The lowest BCUT2D eigenvalue weighted by Gasteiger charge is -2.26. The molecule has 20 heavy (non-hydrogen) atoms. The number of likely N-dealkylation sites (tertiary alicyclic amines) is 1. The second-order valence-corrected chi connectivity index (χ2v) is 5.29. The summed E-state index contributed by atoms with van der Waals surface area (Å²) in [5.74, 6) is 0. The minimum atomic E-state index is 1.03. The summed E-state index contributed by atoms with van der Waals surface area (Å²) in [6.07, 6.45) is 5.30. The molecule has 4 nitrogen and oxygen atoms in total. The van der Waals surface area contributed by atoms with E-state index in [1.807, 2.05) is 0 Å². The molecule has 1 aliphatic rings. The Balaban J connectivity index is 1.57. The van der Waals surface area contributed by atoms with Gasteiger partial charge >= 0.3 is 0 Å². The summed E-state index contributed by atoms with van der Waals surface area (Å²) in [6, 6.07) is 8.51. The summed E-state index contributed by atoms with van der Waals surface area (Å²) in [4.78, 5) is 10.7. The van der Waals surface area contributed by atoms with Crippen molar-refractivity contribution in [2.45, 2.75) is 19.3 Å². The van der Waals surface area contributed by atoms with E-state index in [0.29, 0.717) is 0 Å². The fourth-order valence-corrected chi connectivity index (χ4v) is 2.87. The molecular weight excluding hydrogens is 250 g/mol. The number of fused-ring (bicyclic) bond motifs is 1. The summed E-state index contributed by atoms with van der Waals surface area (Å²) < 4.78 is 0. The van der Waals surface area contributed by atoms with Crippen LogP contribution in [0.2, 0.25) is 0 Å². The van der Waals surface area contributed by atoms with Gasteiger partial charge in [-0.2, -0.15) is 0 Å². The molecule has 2 heterocycles. The number of nitrogens with one attached hydrogen (secondary N) is 1. The van der Waals surface area contributed by atoms with Crippen LogP contribution in [0, 0.1) is 0 Å². The average molecular weight is 271 g/mol. The molecule has 1 aliphatic heterocycles. The third kappa shape index (κ3) is 2.85. The van der Waals surface area contributed by atoms with Crippen LogP contribution in [-0.4, -0.2) is 42.3 Å². The van der Waals surface area contributed by atoms with Gasteiger partial charge in [-0.05, 0) is 18.1 Å². The van der Waals surface area contributed by atoms with Crippen LogP contribution >= 0.6 is 0 Å². The van der Waals surface area contributed by atoms with Gasteiger partial charge in [0.25, 0.3) is 0 Å². The van der Waals surface area contributed by atoms with Gasteiger partial charge in [-0.1, -0.05) is 23.4 Å². The van der Waals surface area contributed by atoms with Crippen molar-refractivity contribution >= 4 is 16.6 Å². The zero-order valence-electron chi connectivity index (χ0n) is 11.9. The molecule has 0 amide bonds. The number of piperidine rings is 1. The molecule has 2 aromatic rings. The average Bonchev–Trinajstić information content (AvgIpc) is 2.90. The van der Waals surface area contributed by atoms with Crippen LogP contribution in [0.15, 0.2) is 35.6 Å². The third-order valence-electron chi connectivity index (χ3n) is 4.03. The van der Waals surface area contributed by atoms with Crippen molar-refractivity contribution in [1.82, 2.24) is 9.88 Å². The summed E-state index contributed by atoms with van der Waals surface area (Å²) in [5.41, 5.74) is 3.84. The van der Waals surface area contributed by atoms with Gasteiger partial charge in [0.1, 0.15) is 7.11 Å². The lowest BCUT2D eigenvalue weighted by Crippen LogP contribution is -2.35. The van der Waals surface area contributed by atoms with Gasteiger partial charge in [0, 0.05) is 49.6 Å². The molecular formula is C16H21N3O. The van der Waals surface area contributed by atoms with Crippen molar-refractivity contribution in [1.29, 1.82) is 0 Å². The van der Waals surface area contributed by atoms with Crippen LogP contribution in [0.4, 0.5) is 0 Å². The van der Waals surface area contributed by atoms with E-state index in [2.05, 4.69) is 45.5 Å². The minimum Gasteiger partial charge on any atom is -0.399 e. The van der Waals surface area contributed by atoms with Crippen LogP contribution in [0.3, 0.4) is 0 Å². The Labute approximate surface area is 119 Å². The number of hydrogen-bond donors (Lipinski definition) is 1. The molecule has 3 rings (SSSR count). The first-order valence-electron chi connectivity index (χ1n) is 7.23. The van der Waals surface area contributed by atoms with E-state index in [1.54, 1.807) is 7.11 Å². The number of nitrogens with zero attached hydrogens (tertiary/aromatic N) is 2. The van der Waals surface area contributed by atoms with Gasteiger partial charge in [-0.15, -0.1) is 0 Å². The van der Waals surface area contributed by atoms with E-state index in [4.69, 9.17) is 4.84 Å². The molecule has 0 unspecified atom stereocenters. The fourth-order valence-electron chi connectivity index (χ4n) is 2.87. The highest BCUT2D eigenvalue weighted by Gasteiger charge is 2.15. The molecule has 0 atom stereocenters. The number of rotatable bonds is 4. The molecule has 4 heteroatoms. The van der Waals surface area contributed by atoms with E-state index in [0.717, 1.165) is 38.9 Å². The second-order valence-electron chi connectivity index (χ2n) is 5.29. The minimum absolute atomic E-state index is 1.03. The Morgan fingerprint density at radius 2 is 2.05 bits per heavy atom. The normalized spacial score (nSPS) is 16.6. The highest BCUT2D eigenvalue weighted by atomic mass is 16.6. The van der Waals surface area contributed by atoms with Crippen molar-refractivity contribution in [2.24, 2.45) is 5.16 Å². The number of oxime groups is 1. The van der Waals surface area contributed by atoms with E-state index < -0.39 is 0 Å². The van der Waals surface area contributed by atoms with Crippen LogP contribution in [0.25, 0.3) is 10.9 Å². The molecule has 1 saturated heterocycles. The Morgan fingerprint density at radius 1 is 1.25 bits per heavy atom. The molecule has 0 saturated carbocycles. The highest BCUT2D eigenvalue weighted by Crippen LogP contribution is 2.19. The number of para-hydroxylation sites is 1. The van der Waals surface area contributed by atoms with Crippen molar-refractivity contribution in [3.63, 3.8) is 0 Å². The first-order chi connectivity index (χ1) is 9.86. The third-order valence-corrected chi connectivity index (χ3v) is 4.03. The zero-order chi connectivity index (χ0) is 13.8. The van der Waals surface area contributed by atoms with E-state index in [9.17, 15) is 0 Å². The first-order valence-corrected chi connectivity index (χ1v) is 7.23. The maximum atomic E-state index is 4.85. The second kappa shape index (κ2) is 6.09. The highest BCUT2D eigenvalue weighted by molar-refractivity contribution is 5.85. The number of hydrogen-bond acceptors (Lipinski definition) is 3. The SMILES string of the molecule is CON=C1CCN(CCc2c[nH]c3ccccc23)CC1. The largest absolute Gasteiger partial charge is 0.399 e. The van der Waals surface area contributed by atoms with Crippen LogP contribution in [0.1, 0.15) is 18.4 Å². The quantitative estimate of drug-likeness (QED) is 0.869. The monoisotopic (exact) mass is 271 g/mol. The van der Waals surface area contributed by atoms with Gasteiger partial charge < -0.3 is 14.7 Å². The zero-order valence-corrected chi connectivity index (χ0v) is 11.9. The van der Waals surface area contributed by atoms with Gasteiger partial charge in [0.2, 0.25) is 0 Å². The van der Waals surface area contributed by atoms with E-state index in [1.165, 1.54) is 22.2 Å². The Hall–Kier alpha value is -1.81. The number of aromatic amines is 1. The summed E-state index contributed by atoms with van der Waals surface area (Å²) >= 11 is 0. The molecule has 1 aromatic heterocycles. The maximum Gasteiger partial charge on any atom is 0.106 e. The molecule has 0 radical (unpaired) electrons. The van der Waals surface area contributed by atoms with Crippen LogP contribution < -0.4 is 0 Å². The first kappa shape index (κ1) is 13.2. The molecule has 0 aliphatic carbocycles. The predicted molar refractivity (Wildman–Crippen MR) is 82.1 cm³/mol. The van der Waals surface area contributed by atoms with Gasteiger partial charge in [0.05, 0.1) is 5.71 Å². The number of H-pyrrole nitrogens is 1. The predicted octanol–water partition coefficient (Wildman–Crippen LogP) is 2.81. The smallest absolute Gasteiger partial charge is 0.106 e. The van der Waals surface area contributed by atoms with Crippen molar-refractivity contribution in [2.75, 3.05) is 26.7 Å². The van der Waals surface area contributed by atoms with Crippen molar-refractivity contribution in [3.8, 4) is 0 Å². The fraction of sp³-hybridized carbons (Fsp3) is 0.438. The Morgan fingerprint density at radius 3 is 2.85 bits per heavy atom. The van der Waals surface area contributed by atoms with Crippen LogP contribution in [0.5, 0.6) is 0 Å². The molecule has 106 valence electrons. The number of aromatic nitrogens is 1. The van der Waals surface area contributed by atoms with Gasteiger partial charge in [-0.25, -0.2) is 0 Å². The number of benzene rings is 1. The molecule has 1 aromatic carbocycles. The lowest BCUT2D eigenvalue weighted by atomic mass is 10.1. The maximum absolute atomic E-state index is 4.85. The van der Waals surface area contributed by atoms with E-state index in [-0.39, 0.29) is 0 Å². The molecule has 0 spiro atoms.